The molecule has 2 N–H and O–H groups in total. The van der Waals surface area contributed by atoms with Crippen LogP contribution in [0.1, 0.15) is 30.1 Å². The van der Waals surface area contributed by atoms with Gasteiger partial charge in [-0.3, -0.25) is 4.79 Å². The SMILES string of the molecule is CN(Cc1c(F)cccc1Cl)C(=O)CSc1nnc(C2CC2)n1N. The van der Waals surface area contributed by atoms with Crippen LogP contribution in [0.15, 0.2) is 23.4 Å². The maximum atomic E-state index is 13.8. The zero-order valence-corrected chi connectivity index (χ0v) is 14.6. The van der Waals surface area contributed by atoms with Crippen LogP contribution in [0.2, 0.25) is 5.02 Å². The number of carbonyl (C=O) groups is 1. The quantitative estimate of drug-likeness (QED) is 0.625. The molecule has 0 spiro atoms. The molecule has 1 aliphatic rings. The number of nitrogens with zero attached hydrogens (tertiary/aromatic N) is 4. The van der Waals surface area contributed by atoms with Gasteiger partial charge in [-0.1, -0.05) is 29.4 Å². The molecule has 2 aromatic rings. The predicted molar refractivity (Wildman–Crippen MR) is 90.8 cm³/mol. The summed E-state index contributed by atoms with van der Waals surface area (Å²) in [4.78, 5) is 13.7. The molecular weight excluding hydrogens is 353 g/mol. The predicted octanol–water partition coefficient (Wildman–Crippen LogP) is 2.41. The van der Waals surface area contributed by atoms with Crippen LogP contribution < -0.4 is 5.84 Å². The molecule has 1 heterocycles. The minimum Gasteiger partial charge on any atom is -0.341 e. The fourth-order valence-corrected chi connectivity index (χ4v) is 3.28. The maximum Gasteiger partial charge on any atom is 0.233 e. The largest absolute Gasteiger partial charge is 0.341 e. The molecule has 0 saturated heterocycles. The van der Waals surface area contributed by atoms with Crippen LogP contribution in [-0.2, 0) is 11.3 Å². The van der Waals surface area contributed by atoms with E-state index in [0.29, 0.717) is 21.7 Å². The normalized spacial score (nSPS) is 14.0. The number of hydrogen-bond donors (Lipinski definition) is 1. The van der Waals surface area contributed by atoms with E-state index in [1.807, 2.05) is 0 Å². The number of rotatable bonds is 6. The number of aromatic nitrogens is 3. The number of thioether (sulfide) groups is 1. The summed E-state index contributed by atoms with van der Waals surface area (Å²) < 4.78 is 15.2. The van der Waals surface area contributed by atoms with Crippen molar-refractivity contribution in [2.24, 2.45) is 0 Å². The Balaban J connectivity index is 1.58. The first-order valence-corrected chi connectivity index (χ1v) is 8.83. The molecule has 1 fully saturated rings. The first-order valence-electron chi connectivity index (χ1n) is 7.47. The van der Waals surface area contributed by atoms with E-state index in [9.17, 15) is 9.18 Å². The second kappa shape index (κ2) is 6.98. The van der Waals surface area contributed by atoms with E-state index in [-0.39, 0.29) is 18.2 Å². The molecule has 0 bridgehead atoms. The van der Waals surface area contributed by atoms with E-state index in [2.05, 4.69) is 10.2 Å². The highest BCUT2D eigenvalue weighted by Crippen LogP contribution is 2.39. The fraction of sp³-hybridized carbons (Fsp3) is 0.400. The summed E-state index contributed by atoms with van der Waals surface area (Å²) in [5, 5.41) is 8.89. The smallest absolute Gasteiger partial charge is 0.233 e. The highest BCUT2D eigenvalue weighted by molar-refractivity contribution is 7.99. The Hall–Kier alpha value is -1.80. The molecule has 128 valence electrons. The number of hydrogen-bond acceptors (Lipinski definition) is 5. The van der Waals surface area contributed by atoms with Gasteiger partial charge in [0.25, 0.3) is 0 Å². The average Bonchev–Trinajstić information content (AvgIpc) is 3.32. The van der Waals surface area contributed by atoms with Gasteiger partial charge < -0.3 is 10.7 Å². The summed E-state index contributed by atoms with van der Waals surface area (Å²) in [7, 11) is 1.61. The van der Waals surface area contributed by atoms with Crippen molar-refractivity contribution in [3.63, 3.8) is 0 Å². The molecule has 9 heteroatoms. The summed E-state index contributed by atoms with van der Waals surface area (Å²) in [5.74, 6) is 6.64. The highest BCUT2D eigenvalue weighted by Gasteiger charge is 2.30. The zero-order valence-electron chi connectivity index (χ0n) is 13.1. The Morgan fingerprint density at radius 2 is 2.25 bits per heavy atom. The Bertz CT molecular complexity index is 744. The van der Waals surface area contributed by atoms with Crippen LogP contribution in [0, 0.1) is 5.82 Å². The Morgan fingerprint density at radius 3 is 2.92 bits per heavy atom. The standard InChI is InChI=1S/C15H17ClFN5OS/c1-21(7-10-11(16)3-2-4-12(10)17)13(23)8-24-15-20-19-14(22(15)18)9-5-6-9/h2-4,9H,5-8,18H2,1H3. The lowest BCUT2D eigenvalue weighted by Crippen LogP contribution is -2.28. The molecule has 0 aliphatic heterocycles. The number of amides is 1. The average molecular weight is 370 g/mol. The molecule has 24 heavy (non-hydrogen) atoms. The monoisotopic (exact) mass is 369 g/mol. The van der Waals surface area contributed by atoms with Gasteiger partial charge in [-0.15, -0.1) is 10.2 Å². The lowest BCUT2D eigenvalue weighted by Gasteiger charge is -2.18. The van der Waals surface area contributed by atoms with Crippen molar-refractivity contribution in [3.8, 4) is 0 Å². The van der Waals surface area contributed by atoms with Crippen molar-refractivity contribution in [3.05, 3.63) is 40.4 Å². The van der Waals surface area contributed by atoms with Gasteiger partial charge >= 0.3 is 0 Å². The molecule has 1 aromatic heterocycles. The topological polar surface area (TPSA) is 77.0 Å². The number of halogens is 2. The van der Waals surface area contributed by atoms with Gasteiger partial charge in [0.15, 0.2) is 5.82 Å². The second-order valence-corrected chi connectivity index (χ2v) is 7.07. The van der Waals surface area contributed by atoms with E-state index < -0.39 is 5.82 Å². The minimum atomic E-state index is -0.425. The van der Waals surface area contributed by atoms with Crippen LogP contribution in [-0.4, -0.2) is 38.5 Å². The number of carbonyl (C=O) groups excluding carboxylic acids is 1. The molecule has 0 unspecified atom stereocenters. The van der Waals surface area contributed by atoms with E-state index in [0.717, 1.165) is 18.7 Å². The molecule has 1 aromatic carbocycles. The minimum absolute atomic E-state index is 0.105. The van der Waals surface area contributed by atoms with Crippen molar-refractivity contribution in [2.75, 3.05) is 18.6 Å². The van der Waals surface area contributed by atoms with Crippen LogP contribution in [0.5, 0.6) is 0 Å². The van der Waals surface area contributed by atoms with E-state index in [1.54, 1.807) is 13.1 Å². The fourth-order valence-electron chi connectivity index (χ4n) is 2.25. The van der Waals surface area contributed by atoms with Crippen LogP contribution in [0.25, 0.3) is 0 Å². The van der Waals surface area contributed by atoms with Gasteiger partial charge in [0.05, 0.1) is 5.75 Å². The van der Waals surface area contributed by atoms with Crippen molar-refractivity contribution in [2.45, 2.75) is 30.5 Å². The summed E-state index contributed by atoms with van der Waals surface area (Å²) in [6.07, 6.45) is 2.15. The third-order valence-electron chi connectivity index (χ3n) is 3.84. The van der Waals surface area contributed by atoms with Gasteiger partial charge in [0.2, 0.25) is 11.1 Å². The van der Waals surface area contributed by atoms with Crippen LogP contribution >= 0.6 is 23.4 Å². The first kappa shape index (κ1) is 17.0. The Kier molecular flexibility index (Phi) is 4.96. The summed E-state index contributed by atoms with van der Waals surface area (Å²) in [5.41, 5.74) is 0.304. The zero-order chi connectivity index (χ0) is 17.3. The number of benzene rings is 1. The maximum absolute atomic E-state index is 13.8. The summed E-state index contributed by atoms with van der Waals surface area (Å²) in [6, 6.07) is 4.46. The molecule has 1 saturated carbocycles. The van der Waals surface area contributed by atoms with E-state index >= 15 is 0 Å². The Labute approximate surface area is 148 Å². The third-order valence-corrected chi connectivity index (χ3v) is 5.12. The van der Waals surface area contributed by atoms with Crippen LogP contribution in [0.3, 0.4) is 0 Å². The van der Waals surface area contributed by atoms with E-state index in [1.165, 1.54) is 33.5 Å². The molecule has 1 aliphatic carbocycles. The van der Waals surface area contributed by atoms with Crippen molar-refractivity contribution < 1.29 is 9.18 Å². The molecule has 0 atom stereocenters. The Morgan fingerprint density at radius 1 is 1.50 bits per heavy atom. The highest BCUT2D eigenvalue weighted by atomic mass is 35.5. The van der Waals surface area contributed by atoms with E-state index in [4.69, 9.17) is 17.4 Å². The van der Waals surface area contributed by atoms with Crippen molar-refractivity contribution in [1.29, 1.82) is 0 Å². The third kappa shape index (κ3) is 3.64. The summed E-state index contributed by atoms with van der Waals surface area (Å²) in [6.45, 7) is 0.105. The first-order chi connectivity index (χ1) is 11.5. The summed E-state index contributed by atoms with van der Waals surface area (Å²) >= 11 is 7.20. The van der Waals surface area contributed by atoms with Gasteiger partial charge in [-0.25, -0.2) is 9.07 Å². The lowest BCUT2D eigenvalue weighted by atomic mass is 10.2. The molecular formula is C15H17ClFN5OS. The van der Waals surface area contributed by atoms with Crippen molar-refractivity contribution >= 4 is 29.3 Å². The number of nitrogen functional groups attached to an aromatic ring is 1. The lowest BCUT2D eigenvalue weighted by molar-refractivity contribution is -0.127. The molecule has 0 radical (unpaired) electrons. The molecule has 1 amide bonds. The van der Waals surface area contributed by atoms with Gasteiger partial charge in [-0.05, 0) is 25.0 Å². The van der Waals surface area contributed by atoms with Gasteiger partial charge in [-0.2, -0.15) is 0 Å². The molecule has 6 nitrogen and oxygen atoms in total. The van der Waals surface area contributed by atoms with Crippen LogP contribution in [0.4, 0.5) is 4.39 Å². The molecule has 3 rings (SSSR count). The van der Waals surface area contributed by atoms with Gasteiger partial charge in [0, 0.05) is 30.1 Å². The number of nitrogens with two attached hydrogens (primary N) is 1. The van der Waals surface area contributed by atoms with Gasteiger partial charge in [0.1, 0.15) is 5.82 Å². The second-order valence-electron chi connectivity index (χ2n) is 5.72. The van der Waals surface area contributed by atoms with Crippen molar-refractivity contribution in [1.82, 2.24) is 19.8 Å².